The Morgan fingerprint density at radius 2 is 1.53 bits per heavy atom. The van der Waals surface area contributed by atoms with Gasteiger partial charge in [0.15, 0.2) is 0 Å². The summed E-state index contributed by atoms with van der Waals surface area (Å²) in [5.74, 6) is 2.95. The van der Waals surface area contributed by atoms with Crippen LogP contribution in [0.4, 0.5) is 0 Å². The number of hydrogen-bond donors (Lipinski definition) is 0. The fraction of sp³-hybridized carbons (Fsp3) is 1.00. The molecule has 0 aromatic carbocycles. The lowest BCUT2D eigenvalue weighted by atomic mass is 9.51. The first-order valence-electron chi connectivity index (χ1n) is 6.84. The van der Waals surface area contributed by atoms with Gasteiger partial charge in [-0.3, -0.25) is 0 Å². The normalized spacial score (nSPS) is 43.4. The SMILES string of the molecule is C[C@@H]1[C@H]2CCCC(C)(C)[C@@H]2CCC1(C)C. The average molecular weight is 208 g/mol. The maximum absolute atomic E-state index is 2.51. The van der Waals surface area contributed by atoms with E-state index in [1.165, 1.54) is 32.1 Å². The lowest BCUT2D eigenvalue weighted by Crippen LogP contribution is -2.46. The van der Waals surface area contributed by atoms with Crippen LogP contribution in [0.1, 0.15) is 66.7 Å². The Balaban J connectivity index is 2.21. The van der Waals surface area contributed by atoms with Crippen LogP contribution in [0, 0.1) is 28.6 Å². The van der Waals surface area contributed by atoms with E-state index in [2.05, 4.69) is 34.6 Å². The Hall–Kier alpha value is 0. The minimum absolute atomic E-state index is 0.592. The molecule has 2 fully saturated rings. The highest BCUT2D eigenvalue weighted by molar-refractivity contribution is 4.97. The highest BCUT2D eigenvalue weighted by atomic mass is 14.5. The molecule has 0 nitrogen and oxygen atoms in total. The summed E-state index contributed by atoms with van der Waals surface area (Å²) in [5, 5.41) is 0. The zero-order valence-electron chi connectivity index (χ0n) is 11.3. The number of rotatable bonds is 0. The van der Waals surface area contributed by atoms with Crippen LogP contribution in [0.25, 0.3) is 0 Å². The smallest absolute Gasteiger partial charge is 0.0323 e. The van der Waals surface area contributed by atoms with Crippen LogP contribution >= 0.6 is 0 Å². The molecule has 0 aliphatic heterocycles. The van der Waals surface area contributed by atoms with E-state index in [9.17, 15) is 0 Å². The molecule has 0 amide bonds. The van der Waals surface area contributed by atoms with Crippen LogP contribution in [0.15, 0.2) is 0 Å². The van der Waals surface area contributed by atoms with E-state index in [-0.39, 0.29) is 0 Å². The molecule has 3 atom stereocenters. The fourth-order valence-corrected chi connectivity index (χ4v) is 4.30. The summed E-state index contributed by atoms with van der Waals surface area (Å²) in [6.45, 7) is 12.5. The van der Waals surface area contributed by atoms with Crippen LogP contribution in [0.2, 0.25) is 0 Å². The van der Waals surface area contributed by atoms with Gasteiger partial charge in [0.05, 0.1) is 0 Å². The molecule has 0 bridgehead atoms. The fourth-order valence-electron chi connectivity index (χ4n) is 4.30. The molecule has 0 heterocycles. The molecule has 88 valence electrons. The van der Waals surface area contributed by atoms with E-state index in [0.717, 1.165) is 17.8 Å². The van der Waals surface area contributed by atoms with Crippen molar-refractivity contribution in [3.8, 4) is 0 Å². The summed E-state index contributed by atoms with van der Waals surface area (Å²) >= 11 is 0. The molecule has 0 N–H and O–H groups in total. The largest absolute Gasteiger partial charge is 0.0617 e. The molecular formula is C15H28. The third-order valence-corrected chi connectivity index (χ3v) is 5.85. The monoisotopic (exact) mass is 208 g/mol. The third-order valence-electron chi connectivity index (χ3n) is 5.85. The second kappa shape index (κ2) is 3.50. The van der Waals surface area contributed by atoms with Crippen molar-refractivity contribution in [1.29, 1.82) is 0 Å². The van der Waals surface area contributed by atoms with E-state index in [1.807, 2.05) is 0 Å². The molecule has 15 heavy (non-hydrogen) atoms. The lowest BCUT2D eigenvalue weighted by Gasteiger charge is -2.54. The quantitative estimate of drug-likeness (QED) is 0.532. The zero-order valence-corrected chi connectivity index (χ0v) is 11.3. The first-order chi connectivity index (χ1) is 6.84. The maximum Gasteiger partial charge on any atom is -0.0323 e. The van der Waals surface area contributed by atoms with Gasteiger partial charge in [-0.05, 0) is 54.3 Å². The Morgan fingerprint density at radius 3 is 2.20 bits per heavy atom. The molecule has 0 aromatic heterocycles. The van der Waals surface area contributed by atoms with Crippen molar-refractivity contribution in [3.63, 3.8) is 0 Å². The van der Waals surface area contributed by atoms with Crippen LogP contribution in [0.5, 0.6) is 0 Å². The summed E-state index contributed by atoms with van der Waals surface area (Å²) in [4.78, 5) is 0. The van der Waals surface area contributed by atoms with Crippen molar-refractivity contribution in [1.82, 2.24) is 0 Å². The van der Waals surface area contributed by atoms with Gasteiger partial charge in [0.2, 0.25) is 0 Å². The summed E-state index contributed by atoms with van der Waals surface area (Å²) in [7, 11) is 0. The molecular weight excluding hydrogens is 180 g/mol. The van der Waals surface area contributed by atoms with Gasteiger partial charge in [0, 0.05) is 0 Å². The second-order valence-corrected chi connectivity index (χ2v) is 7.47. The Bertz CT molecular complexity index is 236. The van der Waals surface area contributed by atoms with Gasteiger partial charge in [0.25, 0.3) is 0 Å². The zero-order chi connectivity index (χ0) is 11.3. The van der Waals surface area contributed by atoms with Crippen LogP contribution in [0.3, 0.4) is 0 Å². The molecule has 0 unspecified atom stereocenters. The standard InChI is InChI=1S/C15H28/c1-11-12-7-6-9-15(4,5)13(12)8-10-14(11,2)3/h11-13H,6-10H2,1-5H3/t11-,12-,13-/m1/s1. The molecule has 0 spiro atoms. The van der Waals surface area contributed by atoms with Crippen LogP contribution in [-0.2, 0) is 0 Å². The van der Waals surface area contributed by atoms with E-state index >= 15 is 0 Å². The van der Waals surface area contributed by atoms with Crippen molar-refractivity contribution in [2.75, 3.05) is 0 Å². The summed E-state index contributed by atoms with van der Waals surface area (Å²) in [5.41, 5.74) is 1.21. The molecule has 2 aliphatic rings. The predicted molar refractivity (Wildman–Crippen MR) is 66.8 cm³/mol. The van der Waals surface area contributed by atoms with E-state index in [1.54, 1.807) is 0 Å². The highest BCUT2D eigenvalue weighted by Gasteiger charge is 2.47. The van der Waals surface area contributed by atoms with Crippen LogP contribution < -0.4 is 0 Å². The summed E-state index contributed by atoms with van der Waals surface area (Å²) in [6.07, 6.45) is 7.35. The Kier molecular flexibility index (Phi) is 2.68. The minimum Gasteiger partial charge on any atom is -0.0617 e. The Labute approximate surface area is 95.8 Å². The molecule has 2 saturated carbocycles. The van der Waals surface area contributed by atoms with E-state index in [0.29, 0.717) is 10.8 Å². The van der Waals surface area contributed by atoms with Crippen molar-refractivity contribution < 1.29 is 0 Å². The highest BCUT2D eigenvalue weighted by Crippen LogP contribution is 2.57. The average Bonchev–Trinajstić information content (AvgIpc) is 2.11. The lowest BCUT2D eigenvalue weighted by molar-refractivity contribution is -0.0475. The van der Waals surface area contributed by atoms with Gasteiger partial charge in [0.1, 0.15) is 0 Å². The molecule has 2 aliphatic carbocycles. The molecule has 2 rings (SSSR count). The van der Waals surface area contributed by atoms with Gasteiger partial charge >= 0.3 is 0 Å². The molecule has 0 radical (unpaired) electrons. The van der Waals surface area contributed by atoms with Crippen LogP contribution in [-0.4, -0.2) is 0 Å². The van der Waals surface area contributed by atoms with E-state index < -0.39 is 0 Å². The first kappa shape index (κ1) is 11.5. The van der Waals surface area contributed by atoms with Gasteiger partial charge in [-0.2, -0.15) is 0 Å². The molecule has 0 saturated heterocycles. The number of hydrogen-bond acceptors (Lipinski definition) is 0. The predicted octanol–water partition coefficient (Wildman–Crippen LogP) is 4.89. The molecule has 0 heteroatoms. The van der Waals surface area contributed by atoms with Gasteiger partial charge in [-0.1, -0.05) is 41.0 Å². The summed E-state index contributed by atoms with van der Waals surface area (Å²) in [6, 6.07) is 0. The van der Waals surface area contributed by atoms with Crippen molar-refractivity contribution >= 4 is 0 Å². The van der Waals surface area contributed by atoms with Crippen molar-refractivity contribution in [2.24, 2.45) is 28.6 Å². The Morgan fingerprint density at radius 1 is 0.867 bits per heavy atom. The van der Waals surface area contributed by atoms with Crippen molar-refractivity contribution in [3.05, 3.63) is 0 Å². The van der Waals surface area contributed by atoms with Gasteiger partial charge in [-0.15, -0.1) is 0 Å². The third kappa shape index (κ3) is 1.85. The summed E-state index contributed by atoms with van der Waals surface area (Å²) < 4.78 is 0. The second-order valence-electron chi connectivity index (χ2n) is 7.47. The van der Waals surface area contributed by atoms with Crippen molar-refractivity contribution in [2.45, 2.75) is 66.7 Å². The van der Waals surface area contributed by atoms with E-state index in [4.69, 9.17) is 0 Å². The molecule has 0 aromatic rings. The number of fused-ring (bicyclic) bond motifs is 1. The van der Waals surface area contributed by atoms with Gasteiger partial charge in [-0.25, -0.2) is 0 Å². The maximum atomic E-state index is 2.51. The minimum atomic E-state index is 0.592. The topological polar surface area (TPSA) is 0 Å². The first-order valence-corrected chi connectivity index (χ1v) is 6.84. The van der Waals surface area contributed by atoms with Gasteiger partial charge < -0.3 is 0 Å².